The van der Waals surface area contributed by atoms with E-state index in [-0.39, 0.29) is 0 Å². The van der Waals surface area contributed by atoms with Gasteiger partial charge in [0, 0.05) is 24.3 Å². The number of hydrogen-bond acceptors (Lipinski definition) is 2. The van der Waals surface area contributed by atoms with Crippen molar-refractivity contribution in [2.45, 2.75) is 13.3 Å². The molecule has 0 saturated carbocycles. The lowest BCUT2D eigenvalue weighted by molar-refractivity contribution is 0.411. The fourth-order valence-electron chi connectivity index (χ4n) is 1.99. The van der Waals surface area contributed by atoms with E-state index >= 15 is 0 Å². The summed E-state index contributed by atoms with van der Waals surface area (Å²) < 4.78 is 5.32. The van der Waals surface area contributed by atoms with Gasteiger partial charge < -0.3 is 9.64 Å². The molecule has 13 heavy (non-hydrogen) atoms. The minimum atomic E-state index is 1.04. The van der Waals surface area contributed by atoms with Gasteiger partial charge in [0.2, 0.25) is 0 Å². The quantitative estimate of drug-likeness (QED) is 0.685. The van der Waals surface area contributed by atoms with E-state index in [1.54, 1.807) is 7.11 Å². The fourth-order valence-corrected chi connectivity index (χ4v) is 1.99. The second-order valence-electron chi connectivity index (χ2n) is 3.29. The zero-order valence-electron chi connectivity index (χ0n) is 8.21. The molecule has 0 aromatic heterocycles. The number of nitrogens with zero attached hydrogens (tertiary/aromatic N) is 1. The van der Waals surface area contributed by atoms with E-state index in [2.05, 4.69) is 24.0 Å². The van der Waals surface area contributed by atoms with E-state index in [0.717, 1.165) is 25.3 Å². The fraction of sp³-hybridized carbons (Fsp3) is 0.455. The summed E-state index contributed by atoms with van der Waals surface area (Å²) in [5.41, 5.74) is 2.72. The lowest BCUT2D eigenvalue weighted by Gasteiger charge is -2.16. The Morgan fingerprint density at radius 3 is 3.00 bits per heavy atom. The maximum absolute atomic E-state index is 5.32. The molecule has 2 nitrogen and oxygen atoms in total. The van der Waals surface area contributed by atoms with E-state index in [0.29, 0.717) is 0 Å². The molecule has 0 N–H and O–H groups in total. The van der Waals surface area contributed by atoms with E-state index < -0.39 is 0 Å². The van der Waals surface area contributed by atoms with Crippen LogP contribution in [0.25, 0.3) is 0 Å². The predicted molar refractivity (Wildman–Crippen MR) is 54.6 cm³/mol. The molecule has 1 heterocycles. The molecule has 0 radical (unpaired) electrons. The van der Waals surface area contributed by atoms with Crippen LogP contribution in [0.4, 0.5) is 5.69 Å². The largest absolute Gasteiger partial charge is 0.496 e. The topological polar surface area (TPSA) is 12.5 Å². The van der Waals surface area contributed by atoms with Gasteiger partial charge in [0.15, 0.2) is 0 Å². The van der Waals surface area contributed by atoms with Crippen LogP contribution >= 0.6 is 0 Å². The summed E-state index contributed by atoms with van der Waals surface area (Å²) in [4.78, 5) is 2.39. The average molecular weight is 177 g/mol. The first kappa shape index (κ1) is 8.42. The molecule has 0 saturated heterocycles. The van der Waals surface area contributed by atoms with Gasteiger partial charge in [0.05, 0.1) is 7.11 Å². The summed E-state index contributed by atoms with van der Waals surface area (Å²) in [5, 5.41) is 0. The number of benzene rings is 1. The second kappa shape index (κ2) is 3.29. The maximum atomic E-state index is 5.32. The van der Waals surface area contributed by atoms with Gasteiger partial charge in [-0.1, -0.05) is 6.07 Å². The summed E-state index contributed by atoms with van der Waals surface area (Å²) in [6.45, 7) is 4.40. The van der Waals surface area contributed by atoms with E-state index in [1.807, 2.05) is 6.07 Å². The number of likely N-dealkylation sites (N-methyl/N-ethyl adjacent to an activating group) is 1. The molecular formula is C11H15NO. The summed E-state index contributed by atoms with van der Waals surface area (Å²) >= 11 is 0. The summed E-state index contributed by atoms with van der Waals surface area (Å²) in [6, 6.07) is 6.28. The van der Waals surface area contributed by atoms with Gasteiger partial charge >= 0.3 is 0 Å². The first-order valence-corrected chi connectivity index (χ1v) is 4.77. The van der Waals surface area contributed by atoms with Crippen molar-refractivity contribution in [3.8, 4) is 5.75 Å². The van der Waals surface area contributed by atoms with Crippen LogP contribution in [0.15, 0.2) is 18.2 Å². The third-order valence-corrected chi connectivity index (χ3v) is 2.68. The molecule has 2 heteroatoms. The Labute approximate surface area is 79.1 Å². The van der Waals surface area contributed by atoms with Gasteiger partial charge in [0.25, 0.3) is 0 Å². The van der Waals surface area contributed by atoms with Crippen molar-refractivity contribution in [3.05, 3.63) is 23.8 Å². The van der Waals surface area contributed by atoms with Crippen LogP contribution < -0.4 is 9.64 Å². The molecule has 2 rings (SSSR count). The van der Waals surface area contributed by atoms with Gasteiger partial charge in [-0.25, -0.2) is 0 Å². The first-order chi connectivity index (χ1) is 6.36. The van der Waals surface area contributed by atoms with Gasteiger partial charge in [-0.3, -0.25) is 0 Å². The molecule has 1 aliphatic rings. The predicted octanol–water partition coefficient (Wildman–Crippen LogP) is 2.08. The number of methoxy groups -OCH3 is 1. The highest BCUT2D eigenvalue weighted by Gasteiger charge is 2.20. The monoisotopic (exact) mass is 177 g/mol. The van der Waals surface area contributed by atoms with Crippen molar-refractivity contribution >= 4 is 5.69 Å². The highest BCUT2D eigenvalue weighted by atomic mass is 16.5. The molecular weight excluding hydrogens is 162 g/mol. The first-order valence-electron chi connectivity index (χ1n) is 4.77. The highest BCUT2D eigenvalue weighted by Crippen LogP contribution is 2.34. The van der Waals surface area contributed by atoms with Crippen molar-refractivity contribution < 1.29 is 4.74 Å². The minimum Gasteiger partial charge on any atom is -0.496 e. The zero-order valence-corrected chi connectivity index (χ0v) is 8.21. The van der Waals surface area contributed by atoms with Crippen molar-refractivity contribution in [2.75, 3.05) is 25.1 Å². The van der Waals surface area contributed by atoms with Gasteiger partial charge in [-0.2, -0.15) is 0 Å². The molecule has 0 unspecified atom stereocenters. The lowest BCUT2D eigenvalue weighted by atomic mass is 10.1. The SMILES string of the molecule is CCN1CCc2c(OC)cccc21. The molecule has 0 bridgehead atoms. The van der Waals surface area contributed by atoms with E-state index in [9.17, 15) is 0 Å². The molecule has 1 aliphatic heterocycles. The highest BCUT2D eigenvalue weighted by molar-refractivity contribution is 5.63. The molecule has 70 valence electrons. The standard InChI is InChI=1S/C11H15NO/c1-3-12-8-7-9-10(12)5-4-6-11(9)13-2/h4-6H,3,7-8H2,1-2H3. The number of fused-ring (bicyclic) bond motifs is 1. The van der Waals surface area contributed by atoms with Crippen molar-refractivity contribution in [1.82, 2.24) is 0 Å². The lowest BCUT2D eigenvalue weighted by Crippen LogP contribution is -2.18. The number of ether oxygens (including phenoxy) is 1. The third kappa shape index (κ3) is 1.26. The van der Waals surface area contributed by atoms with Crippen molar-refractivity contribution in [1.29, 1.82) is 0 Å². The zero-order chi connectivity index (χ0) is 9.26. The summed E-state index contributed by atoms with van der Waals surface area (Å²) in [7, 11) is 1.74. The Bertz CT molecular complexity index is 309. The Hall–Kier alpha value is -1.18. The molecule has 0 amide bonds. The van der Waals surface area contributed by atoms with Crippen LogP contribution in [0.1, 0.15) is 12.5 Å². The molecule has 0 aliphatic carbocycles. The molecule has 1 aromatic carbocycles. The van der Waals surface area contributed by atoms with Crippen molar-refractivity contribution in [2.24, 2.45) is 0 Å². The van der Waals surface area contributed by atoms with Crippen LogP contribution in [-0.2, 0) is 6.42 Å². The Morgan fingerprint density at radius 1 is 1.46 bits per heavy atom. The third-order valence-electron chi connectivity index (χ3n) is 2.68. The molecule has 0 fully saturated rings. The normalized spacial score (nSPS) is 14.5. The number of anilines is 1. The van der Waals surface area contributed by atoms with Crippen LogP contribution in [0.5, 0.6) is 5.75 Å². The van der Waals surface area contributed by atoms with Crippen LogP contribution in [-0.4, -0.2) is 20.2 Å². The van der Waals surface area contributed by atoms with E-state index in [4.69, 9.17) is 4.74 Å². The van der Waals surface area contributed by atoms with E-state index in [1.165, 1.54) is 11.3 Å². The minimum absolute atomic E-state index is 1.04. The molecule has 0 atom stereocenters. The number of rotatable bonds is 2. The summed E-state index contributed by atoms with van der Waals surface area (Å²) in [6.07, 6.45) is 1.12. The van der Waals surface area contributed by atoms with Gasteiger partial charge in [0.1, 0.15) is 5.75 Å². The van der Waals surface area contributed by atoms with Gasteiger partial charge in [-0.05, 0) is 25.5 Å². The Kier molecular flexibility index (Phi) is 2.13. The molecule has 0 spiro atoms. The van der Waals surface area contributed by atoms with Crippen LogP contribution in [0.2, 0.25) is 0 Å². The summed E-state index contributed by atoms with van der Waals surface area (Å²) in [5.74, 6) is 1.04. The molecule has 1 aromatic rings. The number of hydrogen-bond donors (Lipinski definition) is 0. The Morgan fingerprint density at radius 2 is 2.31 bits per heavy atom. The van der Waals surface area contributed by atoms with Crippen molar-refractivity contribution in [3.63, 3.8) is 0 Å². The average Bonchev–Trinajstić information content (AvgIpc) is 2.60. The smallest absolute Gasteiger partial charge is 0.124 e. The van der Waals surface area contributed by atoms with Crippen LogP contribution in [0.3, 0.4) is 0 Å². The Balaban J connectivity index is 2.43. The van der Waals surface area contributed by atoms with Crippen LogP contribution in [0, 0.1) is 0 Å². The second-order valence-corrected chi connectivity index (χ2v) is 3.29. The maximum Gasteiger partial charge on any atom is 0.124 e. The van der Waals surface area contributed by atoms with Gasteiger partial charge in [-0.15, -0.1) is 0 Å².